The van der Waals surface area contributed by atoms with Crippen molar-refractivity contribution < 1.29 is 9.52 Å². The summed E-state index contributed by atoms with van der Waals surface area (Å²) in [6.45, 7) is 10.3. The highest BCUT2D eigenvalue weighted by Gasteiger charge is 2.38. The third kappa shape index (κ3) is 2.48. The van der Waals surface area contributed by atoms with E-state index in [-0.39, 0.29) is 5.54 Å². The summed E-state index contributed by atoms with van der Waals surface area (Å²) in [7, 11) is 0. The molecule has 0 bridgehead atoms. The van der Waals surface area contributed by atoms with Gasteiger partial charge in [-0.25, -0.2) is 0 Å². The molecule has 1 aromatic carbocycles. The van der Waals surface area contributed by atoms with Gasteiger partial charge >= 0.3 is 0 Å². The van der Waals surface area contributed by atoms with E-state index in [0.29, 0.717) is 5.76 Å². The first-order valence-corrected chi connectivity index (χ1v) is 7.48. The van der Waals surface area contributed by atoms with Crippen LogP contribution in [0.5, 0.6) is 0 Å². The van der Waals surface area contributed by atoms with E-state index < -0.39 is 6.10 Å². The molecule has 1 heterocycles. The molecule has 3 heteroatoms. The molecule has 1 aromatic heterocycles. The number of nitrogens with zero attached hydrogens (tertiary/aromatic N) is 1. The Labute approximate surface area is 121 Å². The molecule has 0 spiro atoms. The standard InChI is InChI=1S/C17H25NO2/c1-5-17(4,18(6-2)7-3)16(19)15-12-13-10-8-9-11-14(13)20-15/h8-12,16,19H,5-7H2,1-4H3. The molecule has 0 fully saturated rings. The van der Waals surface area contributed by atoms with Crippen LogP contribution in [0.15, 0.2) is 34.7 Å². The van der Waals surface area contributed by atoms with Crippen LogP contribution in [0.4, 0.5) is 0 Å². The Hall–Kier alpha value is -1.32. The van der Waals surface area contributed by atoms with E-state index in [4.69, 9.17) is 4.42 Å². The van der Waals surface area contributed by atoms with Gasteiger partial charge in [-0.1, -0.05) is 39.0 Å². The number of furan rings is 1. The summed E-state index contributed by atoms with van der Waals surface area (Å²) < 4.78 is 5.84. The van der Waals surface area contributed by atoms with Gasteiger partial charge < -0.3 is 9.52 Å². The first kappa shape index (κ1) is 15.1. The molecule has 2 unspecified atom stereocenters. The minimum atomic E-state index is -0.625. The van der Waals surface area contributed by atoms with E-state index in [1.807, 2.05) is 30.3 Å². The van der Waals surface area contributed by atoms with Crippen LogP contribution in [0.1, 0.15) is 46.0 Å². The number of fused-ring (bicyclic) bond motifs is 1. The average Bonchev–Trinajstić information content (AvgIpc) is 2.91. The normalized spacial score (nSPS) is 16.5. The second-order valence-corrected chi connectivity index (χ2v) is 5.47. The Morgan fingerprint density at radius 2 is 1.85 bits per heavy atom. The van der Waals surface area contributed by atoms with Gasteiger partial charge in [-0.2, -0.15) is 0 Å². The highest BCUT2D eigenvalue weighted by atomic mass is 16.4. The molecular formula is C17H25NO2. The number of aliphatic hydroxyl groups is 1. The fourth-order valence-corrected chi connectivity index (χ4v) is 2.98. The highest BCUT2D eigenvalue weighted by molar-refractivity contribution is 5.77. The second kappa shape index (κ2) is 5.98. The molecule has 2 aromatic rings. The van der Waals surface area contributed by atoms with Gasteiger partial charge in [0.2, 0.25) is 0 Å². The summed E-state index contributed by atoms with van der Waals surface area (Å²) in [6.07, 6.45) is 0.243. The van der Waals surface area contributed by atoms with E-state index in [0.717, 1.165) is 30.5 Å². The van der Waals surface area contributed by atoms with Crippen LogP contribution in [-0.2, 0) is 0 Å². The zero-order valence-corrected chi connectivity index (χ0v) is 12.9. The minimum Gasteiger partial charge on any atom is -0.458 e. The van der Waals surface area contributed by atoms with Crippen LogP contribution in [0, 0.1) is 0 Å². The van der Waals surface area contributed by atoms with Crippen molar-refractivity contribution in [3.63, 3.8) is 0 Å². The molecule has 0 saturated heterocycles. The number of hydrogen-bond acceptors (Lipinski definition) is 3. The molecule has 0 aliphatic heterocycles. The van der Waals surface area contributed by atoms with Crippen molar-refractivity contribution in [2.75, 3.05) is 13.1 Å². The minimum absolute atomic E-state index is 0.308. The molecule has 20 heavy (non-hydrogen) atoms. The van der Waals surface area contributed by atoms with Crippen LogP contribution in [-0.4, -0.2) is 28.6 Å². The molecule has 0 radical (unpaired) electrons. The summed E-state index contributed by atoms with van der Waals surface area (Å²) >= 11 is 0. The van der Waals surface area contributed by atoms with E-state index in [2.05, 4.69) is 32.6 Å². The summed E-state index contributed by atoms with van der Waals surface area (Å²) in [4.78, 5) is 2.30. The van der Waals surface area contributed by atoms with Crippen molar-refractivity contribution in [1.82, 2.24) is 4.90 Å². The maximum absolute atomic E-state index is 10.8. The molecule has 110 valence electrons. The average molecular weight is 275 g/mol. The van der Waals surface area contributed by atoms with E-state index in [1.54, 1.807) is 0 Å². The number of hydrogen-bond donors (Lipinski definition) is 1. The van der Waals surface area contributed by atoms with Gasteiger partial charge in [0.25, 0.3) is 0 Å². The van der Waals surface area contributed by atoms with Gasteiger partial charge in [0.15, 0.2) is 0 Å². The topological polar surface area (TPSA) is 36.6 Å². The van der Waals surface area contributed by atoms with Gasteiger partial charge in [-0.3, -0.25) is 4.90 Å². The van der Waals surface area contributed by atoms with Crippen LogP contribution in [0.25, 0.3) is 11.0 Å². The zero-order valence-electron chi connectivity index (χ0n) is 12.9. The molecule has 3 nitrogen and oxygen atoms in total. The molecular weight excluding hydrogens is 250 g/mol. The predicted octanol–water partition coefficient (Wildman–Crippen LogP) is 3.98. The molecule has 1 N–H and O–H groups in total. The summed E-state index contributed by atoms with van der Waals surface area (Å²) in [6, 6.07) is 9.84. The first-order chi connectivity index (χ1) is 9.56. The molecule has 0 amide bonds. The van der Waals surface area contributed by atoms with Gasteiger partial charge in [0.1, 0.15) is 17.4 Å². The molecule has 2 atom stereocenters. The van der Waals surface area contributed by atoms with Gasteiger partial charge in [-0.15, -0.1) is 0 Å². The Balaban J connectivity index is 2.38. The molecule has 0 saturated carbocycles. The van der Waals surface area contributed by atoms with Crippen molar-refractivity contribution in [1.29, 1.82) is 0 Å². The Bertz CT molecular complexity index is 526. The number of para-hydroxylation sites is 1. The highest BCUT2D eigenvalue weighted by Crippen LogP contribution is 2.36. The zero-order chi connectivity index (χ0) is 14.8. The number of benzene rings is 1. The van der Waals surface area contributed by atoms with Gasteiger partial charge in [0.05, 0.1) is 5.54 Å². The number of likely N-dealkylation sites (N-methyl/N-ethyl adjacent to an activating group) is 1. The van der Waals surface area contributed by atoms with Crippen molar-refractivity contribution in [2.45, 2.75) is 45.8 Å². The van der Waals surface area contributed by atoms with Crippen molar-refractivity contribution in [3.8, 4) is 0 Å². The van der Waals surface area contributed by atoms with E-state index in [9.17, 15) is 5.11 Å². The molecule has 2 rings (SSSR count). The lowest BCUT2D eigenvalue weighted by Gasteiger charge is -2.42. The van der Waals surface area contributed by atoms with Gasteiger partial charge in [-0.05, 0) is 38.6 Å². The monoisotopic (exact) mass is 275 g/mol. The predicted molar refractivity (Wildman–Crippen MR) is 82.8 cm³/mol. The van der Waals surface area contributed by atoms with Gasteiger partial charge in [0, 0.05) is 5.39 Å². The lowest BCUT2D eigenvalue weighted by atomic mass is 9.87. The van der Waals surface area contributed by atoms with Crippen LogP contribution < -0.4 is 0 Å². The van der Waals surface area contributed by atoms with Crippen molar-refractivity contribution >= 4 is 11.0 Å². The smallest absolute Gasteiger partial charge is 0.135 e. The maximum Gasteiger partial charge on any atom is 0.135 e. The number of rotatable bonds is 6. The lowest BCUT2D eigenvalue weighted by Crippen LogP contribution is -2.50. The quantitative estimate of drug-likeness (QED) is 0.866. The Morgan fingerprint density at radius 3 is 2.40 bits per heavy atom. The first-order valence-electron chi connectivity index (χ1n) is 7.48. The fraction of sp³-hybridized carbons (Fsp3) is 0.529. The van der Waals surface area contributed by atoms with Crippen LogP contribution in [0.2, 0.25) is 0 Å². The molecule has 0 aliphatic carbocycles. The summed E-state index contributed by atoms with van der Waals surface area (Å²) in [5.41, 5.74) is 0.525. The van der Waals surface area contributed by atoms with Crippen LogP contribution >= 0.6 is 0 Å². The number of aliphatic hydroxyl groups excluding tert-OH is 1. The third-order valence-electron chi connectivity index (χ3n) is 4.50. The fourth-order valence-electron chi connectivity index (χ4n) is 2.98. The van der Waals surface area contributed by atoms with Crippen LogP contribution in [0.3, 0.4) is 0 Å². The lowest BCUT2D eigenvalue weighted by molar-refractivity contribution is -0.0314. The Kier molecular flexibility index (Phi) is 4.51. The SMILES string of the molecule is CCN(CC)C(C)(CC)C(O)c1cc2ccccc2o1. The van der Waals surface area contributed by atoms with Crippen molar-refractivity contribution in [3.05, 3.63) is 36.1 Å². The maximum atomic E-state index is 10.8. The van der Waals surface area contributed by atoms with Crippen molar-refractivity contribution in [2.24, 2.45) is 0 Å². The Morgan fingerprint density at radius 1 is 1.20 bits per heavy atom. The van der Waals surface area contributed by atoms with E-state index in [1.165, 1.54) is 0 Å². The largest absolute Gasteiger partial charge is 0.458 e. The second-order valence-electron chi connectivity index (χ2n) is 5.47. The third-order valence-corrected chi connectivity index (χ3v) is 4.50. The van der Waals surface area contributed by atoms with E-state index >= 15 is 0 Å². The summed E-state index contributed by atoms with van der Waals surface area (Å²) in [5.74, 6) is 0.655. The summed E-state index contributed by atoms with van der Waals surface area (Å²) in [5, 5.41) is 11.9. The molecule has 0 aliphatic rings.